The van der Waals surface area contributed by atoms with Crippen LogP contribution in [0, 0.1) is 5.82 Å². The molecule has 26 heavy (non-hydrogen) atoms. The van der Waals surface area contributed by atoms with E-state index < -0.39 is 0 Å². The number of hydrogen-bond acceptors (Lipinski definition) is 4. The minimum Gasteiger partial charge on any atom is -0.370 e. The van der Waals surface area contributed by atoms with Crippen molar-refractivity contribution in [1.29, 1.82) is 0 Å². The third kappa shape index (κ3) is 2.25. The molecule has 2 aliphatic heterocycles. The fourth-order valence-corrected chi connectivity index (χ4v) is 4.05. The van der Waals surface area contributed by atoms with Gasteiger partial charge in [0.15, 0.2) is 0 Å². The van der Waals surface area contributed by atoms with Crippen LogP contribution in [0.3, 0.4) is 0 Å². The average molecular weight is 355 g/mol. The van der Waals surface area contributed by atoms with E-state index >= 15 is 0 Å². The van der Waals surface area contributed by atoms with Gasteiger partial charge < -0.3 is 14.2 Å². The minimum absolute atomic E-state index is 0.0221. The number of aromatic nitrogens is 4. The molecule has 8 heteroatoms. The van der Waals surface area contributed by atoms with Gasteiger partial charge in [-0.1, -0.05) is 5.21 Å². The lowest BCUT2D eigenvalue weighted by atomic mass is 10.00. The number of fused-ring (bicyclic) bond motifs is 4. The van der Waals surface area contributed by atoms with E-state index in [0.717, 1.165) is 23.0 Å². The van der Waals surface area contributed by atoms with Crippen molar-refractivity contribution in [3.05, 3.63) is 47.7 Å². The highest BCUT2D eigenvalue weighted by atomic mass is 19.1. The second-order valence-corrected chi connectivity index (χ2v) is 6.92. The normalized spacial score (nSPS) is 22.3. The maximum atomic E-state index is 13.5. The smallest absolute Gasteiger partial charge is 0.270 e. The number of halogens is 1. The Balaban J connectivity index is 1.46. The lowest BCUT2D eigenvalue weighted by molar-refractivity contribution is -0.0606. The summed E-state index contributed by atoms with van der Waals surface area (Å²) in [6.45, 7) is 1.66. The second kappa shape index (κ2) is 5.63. The third-order valence-electron chi connectivity index (χ3n) is 5.44. The number of amides is 1. The first kappa shape index (κ1) is 15.5. The lowest BCUT2D eigenvalue weighted by Gasteiger charge is -2.41. The van der Waals surface area contributed by atoms with E-state index in [1.807, 2.05) is 21.2 Å². The molecule has 1 amide bonds. The first-order chi connectivity index (χ1) is 12.6. The standard InChI is InChI=1S/C18H18FN5O2/c1-22-14-3-2-12(19)6-11(14)7-15(22)18(25)23-5-4-17-16(9-23)24-13(10-26-17)8-20-21-24/h2-3,6-8,16-17H,4-5,9-10H2,1H3/t16-,17-/m0/s1. The van der Waals surface area contributed by atoms with Crippen molar-refractivity contribution in [2.24, 2.45) is 7.05 Å². The van der Waals surface area contributed by atoms with Crippen LogP contribution >= 0.6 is 0 Å². The summed E-state index contributed by atoms with van der Waals surface area (Å²) in [5.74, 6) is -0.365. The van der Waals surface area contributed by atoms with Crippen LogP contribution in [0.2, 0.25) is 0 Å². The first-order valence-electron chi connectivity index (χ1n) is 8.67. The highest BCUT2D eigenvalue weighted by molar-refractivity contribution is 5.98. The molecular weight excluding hydrogens is 337 g/mol. The summed E-state index contributed by atoms with van der Waals surface area (Å²) in [6.07, 6.45) is 2.51. The number of rotatable bonds is 1. The molecule has 2 aliphatic rings. The molecule has 1 saturated heterocycles. The van der Waals surface area contributed by atoms with E-state index in [1.54, 1.807) is 18.3 Å². The zero-order chi connectivity index (χ0) is 17.8. The topological polar surface area (TPSA) is 65.2 Å². The van der Waals surface area contributed by atoms with Crippen LogP contribution in [0.25, 0.3) is 10.9 Å². The van der Waals surface area contributed by atoms with E-state index in [-0.39, 0.29) is 23.9 Å². The first-order valence-corrected chi connectivity index (χ1v) is 8.67. The monoisotopic (exact) mass is 355 g/mol. The molecule has 2 atom stereocenters. The molecule has 4 heterocycles. The molecule has 1 aromatic carbocycles. The van der Waals surface area contributed by atoms with Crippen molar-refractivity contribution in [2.75, 3.05) is 13.1 Å². The van der Waals surface area contributed by atoms with E-state index in [4.69, 9.17) is 4.74 Å². The number of aryl methyl sites for hydroxylation is 1. The van der Waals surface area contributed by atoms with Crippen molar-refractivity contribution < 1.29 is 13.9 Å². The predicted octanol–water partition coefficient (Wildman–Crippen LogP) is 1.89. The van der Waals surface area contributed by atoms with E-state index in [9.17, 15) is 9.18 Å². The van der Waals surface area contributed by atoms with Gasteiger partial charge in [-0.15, -0.1) is 5.10 Å². The van der Waals surface area contributed by atoms with Crippen molar-refractivity contribution in [3.8, 4) is 0 Å². The molecule has 2 aromatic heterocycles. The summed E-state index contributed by atoms with van der Waals surface area (Å²) in [7, 11) is 1.83. The molecule has 0 radical (unpaired) electrons. The largest absolute Gasteiger partial charge is 0.370 e. The predicted molar refractivity (Wildman–Crippen MR) is 91.0 cm³/mol. The van der Waals surface area contributed by atoms with Crippen molar-refractivity contribution in [1.82, 2.24) is 24.5 Å². The molecule has 0 saturated carbocycles. The van der Waals surface area contributed by atoms with E-state index in [1.165, 1.54) is 12.1 Å². The fraction of sp³-hybridized carbons (Fsp3) is 0.389. The maximum Gasteiger partial charge on any atom is 0.270 e. The van der Waals surface area contributed by atoms with Crippen molar-refractivity contribution >= 4 is 16.8 Å². The molecular formula is C18H18FN5O2. The Morgan fingerprint density at radius 2 is 2.23 bits per heavy atom. The summed E-state index contributed by atoms with van der Waals surface area (Å²) in [5, 5.41) is 8.86. The number of piperidine rings is 1. The SMILES string of the molecule is Cn1c(C(=O)N2CC[C@@H]3OCc4cnnn4[C@H]3C2)cc2cc(F)ccc21. The Morgan fingerprint density at radius 3 is 3.12 bits per heavy atom. The number of benzene rings is 1. The van der Waals surface area contributed by atoms with Gasteiger partial charge in [0.25, 0.3) is 5.91 Å². The maximum absolute atomic E-state index is 13.5. The lowest BCUT2D eigenvalue weighted by Crippen LogP contribution is -2.50. The molecule has 1 fully saturated rings. The van der Waals surface area contributed by atoms with Gasteiger partial charge in [-0.25, -0.2) is 9.07 Å². The summed E-state index contributed by atoms with van der Waals surface area (Å²) in [4.78, 5) is 15.0. The van der Waals surface area contributed by atoms with Crippen LogP contribution in [-0.4, -0.2) is 49.6 Å². The summed E-state index contributed by atoms with van der Waals surface area (Å²) in [5.41, 5.74) is 2.32. The van der Waals surface area contributed by atoms with Crippen LogP contribution in [0.5, 0.6) is 0 Å². The molecule has 5 rings (SSSR count). The highest BCUT2D eigenvalue weighted by Gasteiger charge is 2.38. The van der Waals surface area contributed by atoms with Crippen LogP contribution in [0.1, 0.15) is 28.6 Å². The second-order valence-electron chi connectivity index (χ2n) is 6.92. The van der Waals surface area contributed by atoms with E-state index in [2.05, 4.69) is 10.3 Å². The molecule has 0 unspecified atom stereocenters. The fourth-order valence-electron chi connectivity index (χ4n) is 4.05. The number of hydrogen-bond donors (Lipinski definition) is 0. The minimum atomic E-state index is -0.305. The van der Waals surface area contributed by atoms with Gasteiger partial charge in [0.05, 0.1) is 30.6 Å². The summed E-state index contributed by atoms with van der Waals surface area (Å²) < 4.78 is 23.1. The summed E-state index contributed by atoms with van der Waals surface area (Å²) >= 11 is 0. The van der Waals surface area contributed by atoms with Crippen molar-refractivity contribution in [2.45, 2.75) is 25.2 Å². The quantitative estimate of drug-likeness (QED) is 0.669. The van der Waals surface area contributed by atoms with Gasteiger partial charge in [-0.3, -0.25) is 4.79 Å². The Morgan fingerprint density at radius 1 is 1.35 bits per heavy atom. The zero-order valence-electron chi connectivity index (χ0n) is 14.3. The van der Waals surface area contributed by atoms with Crippen LogP contribution < -0.4 is 0 Å². The molecule has 0 aliphatic carbocycles. The Kier molecular flexibility index (Phi) is 3.36. The Hall–Kier alpha value is -2.74. The highest BCUT2D eigenvalue weighted by Crippen LogP contribution is 2.31. The number of nitrogens with zero attached hydrogens (tertiary/aromatic N) is 5. The Labute approximate surface area is 148 Å². The van der Waals surface area contributed by atoms with Gasteiger partial charge >= 0.3 is 0 Å². The van der Waals surface area contributed by atoms with Crippen LogP contribution in [0.15, 0.2) is 30.5 Å². The van der Waals surface area contributed by atoms with Gasteiger partial charge in [-0.2, -0.15) is 0 Å². The molecule has 0 spiro atoms. The number of carbonyl (C=O) groups is 1. The average Bonchev–Trinajstić information content (AvgIpc) is 3.25. The third-order valence-corrected chi connectivity index (χ3v) is 5.44. The molecule has 0 N–H and O–H groups in total. The van der Waals surface area contributed by atoms with Crippen LogP contribution in [0.4, 0.5) is 4.39 Å². The van der Waals surface area contributed by atoms with Gasteiger partial charge in [0, 0.05) is 31.0 Å². The van der Waals surface area contributed by atoms with Crippen LogP contribution in [-0.2, 0) is 18.4 Å². The Bertz CT molecular complexity index is 1010. The number of ether oxygens (including phenoxy) is 1. The number of likely N-dealkylation sites (tertiary alicyclic amines) is 1. The van der Waals surface area contributed by atoms with E-state index in [0.29, 0.717) is 25.4 Å². The van der Waals surface area contributed by atoms with Crippen molar-refractivity contribution in [3.63, 3.8) is 0 Å². The van der Waals surface area contributed by atoms with Gasteiger partial charge in [0.2, 0.25) is 0 Å². The number of carbonyl (C=O) groups excluding carboxylic acids is 1. The zero-order valence-corrected chi connectivity index (χ0v) is 14.3. The molecule has 3 aromatic rings. The molecule has 7 nitrogen and oxygen atoms in total. The molecule has 134 valence electrons. The van der Waals surface area contributed by atoms with Gasteiger partial charge in [-0.05, 0) is 30.7 Å². The summed E-state index contributed by atoms with van der Waals surface area (Å²) in [6, 6.07) is 6.30. The van der Waals surface area contributed by atoms with Gasteiger partial charge in [0.1, 0.15) is 11.5 Å². The molecule has 0 bridgehead atoms.